The van der Waals surface area contributed by atoms with Crippen LogP contribution >= 0.6 is 35.6 Å². The van der Waals surface area contributed by atoms with Crippen molar-refractivity contribution in [3.63, 3.8) is 0 Å². The summed E-state index contributed by atoms with van der Waals surface area (Å²) < 4.78 is 4.95. The zero-order valence-corrected chi connectivity index (χ0v) is 17.9. The van der Waals surface area contributed by atoms with E-state index in [1.807, 2.05) is 18.2 Å². The first kappa shape index (κ1) is 22.3. The summed E-state index contributed by atoms with van der Waals surface area (Å²) in [5, 5.41) is 3.85. The topological polar surface area (TPSA) is 66.1 Å². The molecule has 1 saturated heterocycles. The normalized spacial score (nSPS) is 15.8. The average molecular weight is 482 g/mol. The van der Waals surface area contributed by atoms with Crippen molar-refractivity contribution >= 4 is 47.2 Å². The Labute approximate surface area is 172 Å². The van der Waals surface area contributed by atoms with Gasteiger partial charge in [0.2, 0.25) is 0 Å². The molecule has 8 heteroatoms. The average Bonchev–Trinajstić information content (AvgIpc) is 2.60. The van der Waals surface area contributed by atoms with Crippen LogP contribution in [0.25, 0.3) is 0 Å². The van der Waals surface area contributed by atoms with E-state index in [4.69, 9.17) is 22.1 Å². The van der Waals surface area contributed by atoms with E-state index in [-0.39, 0.29) is 24.0 Å². The maximum atomic E-state index is 6.28. The number of ether oxygens (including phenoxy) is 1. The second-order valence-electron chi connectivity index (χ2n) is 5.82. The molecule has 25 heavy (non-hydrogen) atoms. The fourth-order valence-corrected chi connectivity index (χ4v) is 3.01. The van der Waals surface area contributed by atoms with Crippen molar-refractivity contribution in [1.29, 1.82) is 0 Å². The van der Waals surface area contributed by atoms with E-state index < -0.39 is 0 Å². The molecule has 0 aliphatic carbocycles. The zero-order valence-electron chi connectivity index (χ0n) is 14.8. The highest BCUT2D eigenvalue weighted by molar-refractivity contribution is 14.0. The Balaban J connectivity index is 0.00000312. The number of nitrogens with one attached hydrogen (secondary N) is 1. The van der Waals surface area contributed by atoms with Crippen molar-refractivity contribution in [3.05, 3.63) is 29.3 Å². The number of piperazine rings is 1. The second kappa shape index (κ2) is 12.6. The van der Waals surface area contributed by atoms with Crippen molar-refractivity contribution < 1.29 is 4.74 Å². The number of aliphatic imine (C=N–C) groups is 1. The SMILES string of the molecule is COCCNC(N)=NCCCN1CCN(c2ccccc2Cl)CC1.I. The minimum Gasteiger partial charge on any atom is -0.383 e. The van der Waals surface area contributed by atoms with Gasteiger partial charge in [0.1, 0.15) is 0 Å². The monoisotopic (exact) mass is 481 g/mol. The van der Waals surface area contributed by atoms with Crippen molar-refractivity contribution in [1.82, 2.24) is 10.2 Å². The molecule has 1 aromatic rings. The first-order chi connectivity index (χ1) is 11.7. The zero-order chi connectivity index (χ0) is 17.2. The molecule has 0 unspecified atom stereocenters. The number of para-hydroxylation sites is 1. The third-order valence-electron chi connectivity index (χ3n) is 4.09. The highest BCUT2D eigenvalue weighted by Crippen LogP contribution is 2.25. The third-order valence-corrected chi connectivity index (χ3v) is 4.41. The molecule has 1 aliphatic rings. The predicted molar refractivity (Wildman–Crippen MR) is 117 cm³/mol. The molecule has 0 aromatic heterocycles. The van der Waals surface area contributed by atoms with Crippen LogP contribution < -0.4 is 16.0 Å². The Hall–Kier alpha value is -0.770. The van der Waals surface area contributed by atoms with Crippen molar-refractivity contribution in [2.75, 3.05) is 64.4 Å². The van der Waals surface area contributed by atoms with E-state index >= 15 is 0 Å². The van der Waals surface area contributed by atoms with Gasteiger partial charge in [-0.25, -0.2) is 0 Å². The number of anilines is 1. The third kappa shape index (κ3) is 7.98. The number of methoxy groups -OCH3 is 1. The van der Waals surface area contributed by atoms with Crippen LogP contribution in [0.15, 0.2) is 29.3 Å². The summed E-state index contributed by atoms with van der Waals surface area (Å²) in [5.74, 6) is 0.496. The van der Waals surface area contributed by atoms with Gasteiger partial charge in [-0.05, 0) is 18.6 Å². The van der Waals surface area contributed by atoms with E-state index in [2.05, 4.69) is 26.2 Å². The quantitative estimate of drug-likeness (QED) is 0.257. The minimum absolute atomic E-state index is 0. The van der Waals surface area contributed by atoms with Gasteiger partial charge in [0.15, 0.2) is 5.96 Å². The first-order valence-electron chi connectivity index (χ1n) is 8.45. The Bertz CT molecular complexity index is 524. The van der Waals surface area contributed by atoms with Gasteiger partial charge in [0.05, 0.1) is 17.3 Å². The summed E-state index contributed by atoms with van der Waals surface area (Å²) >= 11 is 6.28. The van der Waals surface area contributed by atoms with Crippen LogP contribution in [0.4, 0.5) is 5.69 Å². The molecule has 1 aliphatic heterocycles. The molecule has 0 atom stereocenters. The largest absolute Gasteiger partial charge is 0.383 e. The number of hydrogen-bond acceptors (Lipinski definition) is 4. The molecule has 1 heterocycles. The van der Waals surface area contributed by atoms with Gasteiger partial charge in [0.25, 0.3) is 0 Å². The summed E-state index contributed by atoms with van der Waals surface area (Å²) in [6, 6.07) is 8.05. The van der Waals surface area contributed by atoms with Crippen LogP contribution in [0.2, 0.25) is 5.02 Å². The molecule has 0 saturated carbocycles. The van der Waals surface area contributed by atoms with Crippen LogP contribution in [-0.2, 0) is 4.74 Å². The number of rotatable bonds is 8. The molecule has 0 spiro atoms. The van der Waals surface area contributed by atoms with Gasteiger partial charge in [-0.1, -0.05) is 23.7 Å². The summed E-state index contributed by atoms with van der Waals surface area (Å²) in [6.07, 6.45) is 1.01. The molecule has 142 valence electrons. The molecule has 0 radical (unpaired) electrons. The van der Waals surface area contributed by atoms with E-state index in [0.29, 0.717) is 19.1 Å². The number of nitrogens with zero attached hydrogens (tertiary/aromatic N) is 3. The lowest BCUT2D eigenvalue weighted by Crippen LogP contribution is -2.46. The fraction of sp³-hybridized carbons (Fsp3) is 0.588. The lowest BCUT2D eigenvalue weighted by Gasteiger charge is -2.36. The summed E-state index contributed by atoms with van der Waals surface area (Å²) in [5.41, 5.74) is 6.92. The molecule has 0 bridgehead atoms. The summed E-state index contributed by atoms with van der Waals surface area (Å²) in [4.78, 5) is 9.15. The van der Waals surface area contributed by atoms with Crippen LogP contribution in [0.1, 0.15) is 6.42 Å². The molecule has 1 fully saturated rings. The molecule has 1 aromatic carbocycles. The second-order valence-corrected chi connectivity index (χ2v) is 6.23. The smallest absolute Gasteiger partial charge is 0.188 e. The van der Waals surface area contributed by atoms with E-state index in [1.54, 1.807) is 7.11 Å². The number of guanidine groups is 1. The Morgan fingerprint density at radius 2 is 2.00 bits per heavy atom. The van der Waals surface area contributed by atoms with Crippen LogP contribution in [0.3, 0.4) is 0 Å². The van der Waals surface area contributed by atoms with Gasteiger partial charge in [0, 0.05) is 52.9 Å². The van der Waals surface area contributed by atoms with Crippen molar-refractivity contribution in [2.45, 2.75) is 6.42 Å². The molecule has 6 nitrogen and oxygen atoms in total. The first-order valence-corrected chi connectivity index (χ1v) is 8.83. The minimum atomic E-state index is 0. The standard InChI is InChI=1S/C17H28ClN5O.HI/c1-24-14-8-21-17(19)20-7-4-9-22-10-12-23(13-11-22)16-6-3-2-5-15(16)18;/h2-3,5-6H,4,7-14H2,1H3,(H3,19,20,21);1H. The lowest BCUT2D eigenvalue weighted by atomic mass is 10.2. The summed E-state index contributed by atoms with van der Waals surface area (Å²) in [7, 11) is 1.67. The predicted octanol–water partition coefficient (Wildman–Crippen LogP) is 2.02. The fourth-order valence-electron chi connectivity index (χ4n) is 2.75. The van der Waals surface area contributed by atoms with Crippen molar-refractivity contribution in [2.24, 2.45) is 10.7 Å². The summed E-state index contributed by atoms with van der Waals surface area (Å²) in [6.45, 7) is 7.23. The number of benzene rings is 1. The Morgan fingerprint density at radius 3 is 2.68 bits per heavy atom. The van der Waals surface area contributed by atoms with Crippen LogP contribution in [-0.4, -0.2) is 70.4 Å². The van der Waals surface area contributed by atoms with Gasteiger partial charge in [-0.15, -0.1) is 24.0 Å². The molecular formula is C17H29ClIN5O. The Morgan fingerprint density at radius 1 is 1.28 bits per heavy atom. The van der Waals surface area contributed by atoms with Gasteiger partial charge in [-0.3, -0.25) is 9.89 Å². The van der Waals surface area contributed by atoms with E-state index in [0.717, 1.165) is 56.4 Å². The van der Waals surface area contributed by atoms with Gasteiger partial charge < -0.3 is 20.7 Å². The van der Waals surface area contributed by atoms with Crippen LogP contribution in [0, 0.1) is 0 Å². The molecule has 2 rings (SSSR count). The number of halogens is 2. The Kier molecular flexibility index (Phi) is 11.2. The highest BCUT2D eigenvalue weighted by atomic mass is 127. The molecular weight excluding hydrogens is 453 g/mol. The van der Waals surface area contributed by atoms with E-state index in [1.165, 1.54) is 0 Å². The number of hydrogen-bond donors (Lipinski definition) is 2. The molecule has 0 amide bonds. The van der Waals surface area contributed by atoms with Crippen LogP contribution in [0.5, 0.6) is 0 Å². The lowest BCUT2D eigenvalue weighted by molar-refractivity contribution is 0.204. The molecule has 3 N–H and O–H groups in total. The van der Waals surface area contributed by atoms with Gasteiger partial charge in [-0.2, -0.15) is 0 Å². The highest BCUT2D eigenvalue weighted by Gasteiger charge is 2.18. The number of nitrogens with two attached hydrogens (primary N) is 1. The maximum absolute atomic E-state index is 6.28. The van der Waals surface area contributed by atoms with E-state index in [9.17, 15) is 0 Å². The van der Waals surface area contributed by atoms with Crippen molar-refractivity contribution in [3.8, 4) is 0 Å². The maximum Gasteiger partial charge on any atom is 0.188 e. The van der Waals surface area contributed by atoms with Gasteiger partial charge >= 0.3 is 0 Å².